The van der Waals surface area contributed by atoms with E-state index in [1.807, 2.05) is 0 Å². The van der Waals surface area contributed by atoms with Gasteiger partial charge in [0.1, 0.15) is 11.6 Å². The van der Waals surface area contributed by atoms with Gasteiger partial charge in [0.15, 0.2) is 0 Å². The Labute approximate surface area is 87.4 Å². The minimum Gasteiger partial charge on any atom is -0.394 e. The van der Waals surface area contributed by atoms with Gasteiger partial charge in [-0.25, -0.2) is 0 Å². The van der Waals surface area contributed by atoms with Crippen LogP contribution in [0.15, 0.2) is 0 Å². The summed E-state index contributed by atoms with van der Waals surface area (Å²) in [5.41, 5.74) is 4.62. The van der Waals surface area contributed by atoms with Crippen molar-refractivity contribution in [3.8, 4) is 0 Å². The fourth-order valence-electron chi connectivity index (χ4n) is 2.33. The summed E-state index contributed by atoms with van der Waals surface area (Å²) in [6.07, 6.45) is 1.78. The molecular formula is C9H15N3O3. The van der Waals surface area contributed by atoms with Crippen LogP contribution in [0.3, 0.4) is 0 Å². The van der Waals surface area contributed by atoms with Crippen molar-refractivity contribution in [2.24, 2.45) is 5.73 Å². The van der Waals surface area contributed by atoms with E-state index in [2.05, 4.69) is 5.32 Å². The number of amides is 2. The number of aliphatic hydroxyl groups is 1. The molecule has 0 bridgehead atoms. The van der Waals surface area contributed by atoms with E-state index in [9.17, 15) is 9.59 Å². The predicted molar refractivity (Wildman–Crippen MR) is 51.7 cm³/mol. The maximum absolute atomic E-state index is 11.8. The van der Waals surface area contributed by atoms with Crippen LogP contribution in [0.1, 0.15) is 12.8 Å². The molecule has 6 heteroatoms. The number of rotatable bonds is 3. The van der Waals surface area contributed by atoms with E-state index in [-0.39, 0.29) is 5.91 Å². The van der Waals surface area contributed by atoms with Crippen LogP contribution >= 0.6 is 0 Å². The van der Waals surface area contributed by atoms with Crippen LogP contribution in [0.25, 0.3) is 0 Å². The van der Waals surface area contributed by atoms with Gasteiger partial charge in [0.2, 0.25) is 11.8 Å². The third kappa shape index (κ3) is 1.40. The number of hydrogen-bond donors (Lipinski definition) is 3. The monoisotopic (exact) mass is 213 g/mol. The largest absolute Gasteiger partial charge is 0.394 e. The van der Waals surface area contributed by atoms with E-state index in [0.29, 0.717) is 6.54 Å². The average molecular weight is 213 g/mol. The average Bonchev–Trinajstić information content (AvgIpc) is 2.68. The molecule has 2 saturated heterocycles. The first kappa shape index (κ1) is 10.4. The molecule has 1 spiro atoms. The Balaban J connectivity index is 2.04. The smallest absolute Gasteiger partial charge is 0.245 e. The van der Waals surface area contributed by atoms with Gasteiger partial charge in [-0.2, -0.15) is 0 Å². The maximum atomic E-state index is 11.8. The van der Waals surface area contributed by atoms with Gasteiger partial charge in [0.05, 0.1) is 6.61 Å². The third-order valence-electron chi connectivity index (χ3n) is 3.23. The molecule has 0 unspecified atom stereocenters. The lowest BCUT2D eigenvalue weighted by molar-refractivity contribution is -0.160. The van der Waals surface area contributed by atoms with Crippen molar-refractivity contribution in [1.29, 1.82) is 0 Å². The Morgan fingerprint density at radius 3 is 2.87 bits per heavy atom. The first-order valence-electron chi connectivity index (χ1n) is 5.07. The first-order valence-corrected chi connectivity index (χ1v) is 5.07. The number of carbonyl (C=O) groups excluding carboxylic acids is 2. The summed E-state index contributed by atoms with van der Waals surface area (Å²) in [6, 6.07) is -0.870. The van der Waals surface area contributed by atoms with E-state index in [1.165, 1.54) is 4.90 Å². The van der Waals surface area contributed by atoms with Crippen molar-refractivity contribution in [1.82, 2.24) is 10.2 Å². The number of β-lactam (4-membered cyclic amide) rings is 1. The fourth-order valence-corrected chi connectivity index (χ4v) is 2.33. The van der Waals surface area contributed by atoms with E-state index in [1.54, 1.807) is 0 Å². The van der Waals surface area contributed by atoms with Crippen molar-refractivity contribution >= 4 is 11.8 Å². The Morgan fingerprint density at radius 2 is 2.47 bits per heavy atom. The highest BCUT2D eigenvalue weighted by atomic mass is 16.3. The van der Waals surface area contributed by atoms with E-state index in [4.69, 9.17) is 10.8 Å². The summed E-state index contributed by atoms with van der Waals surface area (Å²) in [5.74, 6) is -0.767. The van der Waals surface area contributed by atoms with E-state index < -0.39 is 24.1 Å². The van der Waals surface area contributed by atoms with Crippen LogP contribution in [0, 0.1) is 0 Å². The van der Waals surface area contributed by atoms with Crippen molar-refractivity contribution in [2.75, 3.05) is 19.7 Å². The molecule has 84 valence electrons. The van der Waals surface area contributed by atoms with Gasteiger partial charge in [0, 0.05) is 6.54 Å². The maximum Gasteiger partial charge on any atom is 0.245 e. The SMILES string of the molecule is NC(=O)[C@H](CO)N1C[C@@]2(CCCN2)C1=O. The number of carbonyl (C=O) groups is 2. The normalized spacial score (nSPS) is 31.8. The molecule has 0 aromatic heterocycles. The van der Waals surface area contributed by atoms with Crippen LogP contribution in [0.2, 0.25) is 0 Å². The van der Waals surface area contributed by atoms with Gasteiger partial charge in [-0.15, -0.1) is 0 Å². The second-order valence-corrected chi connectivity index (χ2v) is 4.15. The Kier molecular flexibility index (Phi) is 2.40. The Hall–Kier alpha value is -1.14. The lowest BCUT2D eigenvalue weighted by Crippen LogP contribution is -2.75. The van der Waals surface area contributed by atoms with Crippen molar-refractivity contribution in [2.45, 2.75) is 24.4 Å². The molecule has 0 aromatic rings. The molecule has 15 heavy (non-hydrogen) atoms. The molecular weight excluding hydrogens is 198 g/mol. The molecule has 2 rings (SSSR count). The van der Waals surface area contributed by atoms with Crippen LogP contribution in [-0.2, 0) is 9.59 Å². The van der Waals surface area contributed by atoms with Gasteiger partial charge >= 0.3 is 0 Å². The fraction of sp³-hybridized carbons (Fsp3) is 0.778. The molecule has 0 radical (unpaired) electrons. The van der Waals surface area contributed by atoms with Crippen LogP contribution < -0.4 is 11.1 Å². The zero-order valence-electron chi connectivity index (χ0n) is 8.40. The van der Waals surface area contributed by atoms with Gasteiger partial charge in [-0.1, -0.05) is 0 Å². The topological polar surface area (TPSA) is 95.7 Å². The molecule has 0 aliphatic carbocycles. The number of nitrogens with two attached hydrogens (primary N) is 1. The van der Waals surface area contributed by atoms with Gasteiger partial charge < -0.3 is 21.1 Å². The van der Waals surface area contributed by atoms with Gasteiger partial charge in [-0.3, -0.25) is 9.59 Å². The van der Waals surface area contributed by atoms with Gasteiger partial charge in [-0.05, 0) is 19.4 Å². The molecule has 0 saturated carbocycles. The number of primary amides is 1. The second kappa shape index (κ2) is 3.46. The summed E-state index contributed by atoms with van der Waals surface area (Å²) in [5, 5.41) is 12.1. The standard InChI is InChI=1S/C9H15N3O3/c10-7(14)6(4-13)12-5-9(8(12)15)2-1-3-11-9/h6,11,13H,1-5H2,(H2,10,14)/t6-,9-/m0/s1. The molecule has 0 aromatic carbocycles. The van der Waals surface area contributed by atoms with Crippen molar-refractivity contribution < 1.29 is 14.7 Å². The van der Waals surface area contributed by atoms with Crippen LogP contribution in [0.5, 0.6) is 0 Å². The number of likely N-dealkylation sites (tertiary alicyclic amines) is 1. The quantitative estimate of drug-likeness (QED) is 0.463. The highest BCUT2D eigenvalue weighted by Gasteiger charge is 2.55. The van der Waals surface area contributed by atoms with E-state index >= 15 is 0 Å². The second-order valence-electron chi connectivity index (χ2n) is 4.15. The molecule has 2 heterocycles. The summed E-state index contributed by atoms with van der Waals surface area (Å²) in [7, 11) is 0. The highest BCUT2D eigenvalue weighted by molar-refractivity contribution is 5.97. The number of aliphatic hydroxyl groups excluding tert-OH is 1. The lowest BCUT2D eigenvalue weighted by Gasteiger charge is -2.49. The zero-order chi connectivity index (χ0) is 11.1. The molecule has 2 aliphatic heterocycles. The first-order chi connectivity index (χ1) is 7.10. The molecule has 2 fully saturated rings. The minimum absolute atomic E-state index is 0.113. The number of hydrogen-bond acceptors (Lipinski definition) is 4. The molecule has 4 N–H and O–H groups in total. The molecule has 2 aliphatic rings. The summed E-state index contributed by atoms with van der Waals surface area (Å²) in [4.78, 5) is 24.1. The van der Waals surface area contributed by atoms with Crippen LogP contribution in [0.4, 0.5) is 0 Å². The summed E-state index contributed by atoms with van der Waals surface area (Å²) < 4.78 is 0. The van der Waals surface area contributed by atoms with Crippen molar-refractivity contribution in [3.05, 3.63) is 0 Å². The minimum atomic E-state index is -0.870. The lowest BCUT2D eigenvalue weighted by atomic mass is 9.85. The van der Waals surface area contributed by atoms with Gasteiger partial charge in [0.25, 0.3) is 0 Å². The Bertz CT molecular complexity index is 299. The van der Waals surface area contributed by atoms with Crippen molar-refractivity contribution in [3.63, 3.8) is 0 Å². The highest BCUT2D eigenvalue weighted by Crippen LogP contribution is 2.32. The van der Waals surface area contributed by atoms with Crippen LogP contribution in [-0.4, -0.2) is 53.1 Å². The summed E-state index contributed by atoms with van der Waals surface area (Å²) in [6.45, 7) is 0.900. The third-order valence-corrected chi connectivity index (χ3v) is 3.23. The molecule has 6 nitrogen and oxygen atoms in total. The number of nitrogens with zero attached hydrogens (tertiary/aromatic N) is 1. The predicted octanol–water partition coefficient (Wildman–Crippen LogP) is -2.20. The molecule has 2 amide bonds. The zero-order valence-corrected chi connectivity index (χ0v) is 8.40. The number of nitrogens with one attached hydrogen (secondary N) is 1. The molecule has 2 atom stereocenters. The Morgan fingerprint density at radius 1 is 1.73 bits per heavy atom. The summed E-state index contributed by atoms with van der Waals surface area (Å²) >= 11 is 0. The van der Waals surface area contributed by atoms with E-state index in [0.717, 1.165) is 19.4 Å².